The van der Waals surface area contributed by atoms with Crippen LogP contribution in [0.4, 0.5) is 18.9 Å². The fourth-order valence-corrected chi connectivity index (χ4v) is 5.43. The second-order valence-electron chi connectivity index (χ2n) is 10.1. The van der Waals surface area contributed by atoms with Crippen LogP contribution in [-0.2, 0) is 41.5 Å². The van der Waals surface area contributed by atoms with Crippen molar-refractivity contribution in [3.8, 4) is 6.01 Å². The normalized spacial score (nSPS) is 16.1. The summed E-state index contributed by atoms with van der Waals surface area (Å²) < 4.78 is 56.0. The number of hydrogen-bond acceptors (Lipinski definition) is 6. The number of hydrogen-bond donors (Lipinski definition) is 0. The van der Waals surface area contributed by atoms with Crippen LogP contribution in [0.25, 0.3) is 0 Å². The van der Waals surface area contributed by atoms with Gasteiger partial charge in [-0.25, -0.2) is 0 Å². The number of rotatable bonds is 10. The van der Waals surface area contributed by atoms with Crippen molar-refractivity contribution in [1.82, 2.24) is 9.97 Å². The van der Waals surface area contributed by atoms with Gasteiger partial charge < -0.3 is 19.1 Å². The molecular formula is C30H33ClF3N3O3. The predicted octanol–water partition coefficient (Wildman–Crippen LogP) is 6.46. The molecule has 40 heavy (non-hydrogen) atoms. The SMILES string of the molecule is FC(F)(F)c1ccc(CCCc2nc(OCCOC3CCOCC3)nc3c2CCN(c2ccccc2Cl)C3)cc1. The van der Waals surface area contributed by atoms with Crippen molar-refractivity contribution in [3.05, 3.63) is 81.6 Å². The van der Waals surface area contributed by atoms with Gasteiger partial charge >= 0.3 is 12.2 Å². The second-order valence-corrected chi connectivity index (χ2v) is 10.5. The van der Waals surface area contributed by atoms with Gasteiger partial charge in [0.15, 0.2) is 0 Å². The molecule has 2 aromatic carbocycles. The summed E-state index contributed by atoms with van der Waals surface area (Å²) in [5, 5.41) is 0.693. The molecule has 0 saturated carbocycles. The van der Waals surface area contributed by atoms with Gasteiger partial charge in [-0.15, -0.1) is 0 Å². The number of alkyl halides is 3. The number of benzene rings is 2. The van der Waals surface area contributed by atoms with Gasteiger partial charge in [0.1, 0.15) is 6.61 Å². The van der Waals surface area contributed by atoms with Crippen LogP contribution in [0, 0.1) is 0 Å². The maximum atomic E-state index is 12.9. The molecule has 5 rings (SSSR count). The number of aromatic nitrogens is 2. The average molecular weight is 576 g/mol. The Morgan fingerprint density at radius 3 is 2.50 bits per heavy atom. The molecule has 3 heterocycles. The van der Waals surface area contributed by atoms with Crippen molar-refractivity contribution < 1.29 is 27.4 Å². The van der Waals surface area contributed by atoms with Gasteiger partial charge in [0.05, 0.1) is 46.9 Å². The fraction of sp³-hybridized carbons (Fsp3) is 0.467. The summed E-state index contributed by atoms with van der Waals surface area (Å²) in [5.74, 6) is 0. The van der Waals surface area contributed by atoms with Crippen LogP contribution in [0.15, 0.2) is 48.5 Å². The standard InChI is InChI=1S/C30H33ClF3N3O3/c31-25-5-1-2-7-28(25)37-15-12-24-26(6-3-4-21-8-10-22(11-9-21)30(32,33)34)35-29(36-27(24)20-37)40-19-18-39-23-13-16-38-17-14-23/h1-2,5,7-11,23H,3-4,6,12-20H2. The van der Waals surface area contributed by atoms with Gasteiger partial charge in [0.2, 0.25) is 0 Å². The number of anilines is 1. The summed E-state index contributed by atoms with van der Waals surface area (Å²) in [4.78, 5) is 11.7. The van der Waals surface area contributed by atoms with E-state index in [0.29, 0.717) is 43.6 Å². The molecule has 0 spiro atoms. The van der Waals surface area contributed by atoms with Gasteiger partial charge in [-0.1, -0.05) is 35.9 Å². The van der Waals surface area contributed by atoms with E-state index < -0.39 is 11.7 Å². The number of fused-ring (bicyclic) bond motifs is 1. The number of para-hydroxylation sites is 1. The van der Waals surface area contributed by atoms with Crippen LogP contribution in [-0.4, -0.2) is 49.0 Å². The third-order valence-corrected chi connectivity index (χ3v) is 7.64. The molecule has 10 heteroatoms. The van der Waals surface area contributed by atoms with Crippen LogP contribution in [0.1, 0.15) is 47.3 Å². The first-order chi connectivity index (χ1) is 19.4. The molecule has 0 amide bonds. The van der Waals surface area contributed by atoms with E-state index in [9.17, 15) is 13.2 Å². The van der Waals surface area contributed by atoms with E-state index in [4.69, 9.17) is 35.8 Å². The Balaban J connectivity index is 1.27. The van der Waals surface area contributed by atoms with E-state index in [1.807, 2.05) is 24.3 Å². The van der Waals surface area contributed by atoms with Gasteiger partial charge in [-0.2, -0.15) is 23.1 Å². The summed E-state index contributed by atoms with van der Waals surface area (Å²) >= 11 is 6.47. The highest BCUT2D eigenvalue weighted by atomic mass is 35.5. The van der Waals surface area contributed by atoms with Crippen LogP contribution >= 0.6 is 11.6 Å². The summed E-state index contributed by atoms with van der Waals surface area (Å²) in [7, 11) is 0. The lowest BCUT2D eigenvalue weighted by molar-refractivity contribution is -0.137. The molecule has 0 atom stereocenters. The molecule has 0 radical (unpaired) electrons. The summed E-state index contributed by atoms with van der Waals surface area (Å²) in [5.41, 5.74) is 4.14. The van der Waals surface area contributed by atoms with E-state index in [2.05, 4.69) is 4.90 Å². The van der Waals surface area contributed by atoms with E-state index in [1.165, 1.54) is 0 Å². The first-order valence-corrected chi connectivity index (χ1v) is 14.1. The number of aryl methyl sites for hydroxylation is 2. The Kier molecular flexibility index (Phi) is 9.44. The van der Waals surface area contributed by atoms with E-state index in [-0.39, 0.29) is 6.10 Å². The highest BCUT2D eigenvalue weighted by molar-refractivity contribution is 6.33. The fourth-order valence-electron chi connectivity index (χ4n) is 5.18. The molecule has 1 aromatic heterocycles. The molecule has 0 N–H and O–H groups in total. The predicted molar refractivity (Wildman–Crippen MR) is 147 cm³/mol. The van der Waals surface area contributed by atoms with Crippen molar-refractivity contribution in [2.75, 3.05) is 37.9 Å². The van der Waals surface area contributed by atoms with Gasteiger partial charge in [-0.05, 0) is 73.9 Å². The zero-order valence-electron chi connectivity index (χ0n) is 22.3. The maximum absolute atomic E-state index is 12.9. The molecule has 0 bridgehead atoms. The second kappa shape index (κ2) is 13.2. The molecule has 0 aliphatic carbocycles. The molecule has 6 nitrogen and oxygen atoms in total. The smallest absolute Gasteiger partial charge is 0.416 e. The molecule has 214 valence electrons. The highest BCUT2D eigenvalue weighted by Gasteiger charge is 2.30. The molecule has 1 fully saturated rings. The monoisotopic (exact) mass is 575 g/mol. The molecule has 0 unspecified atom stereocenters. The molecule has 2 aliphatic heterocycles. The Morgan fingerprint density at radius 1 is 0.975 bits per heavy atom. The van der Waals surface area contributed by atoms with Crippen molar-refractivity contribution in [1.29, 1.82) is 0 Å². The minimum atomic E-state index is -4.33. The largest absolute Gasteiger partial charge is 0.461 e. The van der Waals surface area contributed by atoms with Gasteiger partial charge in [-0.3, -0.25) is 0 Å². The third-order valence-electron chi connectivity index (χ3n) is 7.32. The molecular weight excluding hydrogens is 543 g/mol. The maximum Gasteiger partial charge on any atom is 0.416 e. The lowest BCUT2D eigenvalue weighted by Gasteiger charge is -2.31. The number of ether oxygens (including phenoxy) is 3. The van der Waals surface area contributed by atoms with Crippen molar-refractivity contribution in [3.63, 3.8) is 0 Å². The Labute approximate surface area is 237 Å². The highest BCUT2D eigenvalue weighted by Crippen LogP contribution is 2.32. The lowest BCUT2D eigenvalue weighted by atomic mass is 9.98. The topological polar surface area (TPSA) is 56.7 Å². The van der Waals surface area contributed by atoms with E-state index >= 15 is 0 Å². The van der Waals surface area contributed by atoms with Crippen LogP contribution in [0.5, 0.6) is 6.01 Å². The zero-order chi connectivity index (χ0) is 28.0. The Hall–Kier alpha value is -2.88. The van der Waals surface area contributed by atoms with Gasteiger partial charge in [0.25, 0.3) is 0 Å². The molecule has 2 aliphatic rings. The van der Waals surface area contributed by atoms with E-state index in [0.717, 1.165) is 85.8 Å². The Morgan fingerprint density at radius 2 is 1.75 bits per heavy atom. The van der Waals surface area contributed by atoms with E-state index in [1.54, 1.807) is 12.1 Å². The number of nitrogens with zero attached hydrogens (tertiary/aromatic N) is 3. The zero-order valence-corrected chi connectivity index (χ0v) is 23.0. The first kappa shape index (κ1) is 28.6. The minimum Gasteiger partial charge on any atom is -0.461 e. The molecule has 3 aromatic rings. The van der Waals surface area contributed by atoms with Crippen LogP contribution in [0.2, 0.25) is 5.02 Å². The minimum absolute atomic E-state index is 0.187. The summed E-state index contributed by atoms with van der Waals surface area (Å²) in [6.07, 6.45) is 0.463. The van der Waals surface area contributed by atoms with Crippen molar-refractivity contribution in [2.24, 2.45) is 0 Å². The summed E-state index contributed by atoms with van der Waals surface area (Å²) in [6, 6.07) is 13.5. The number of halogens is 4. The third kappa shape index (κ3) is 7.44. The average Bonchev–Trinajstić information content (AvgIpc) is 2.95. The van der Waals surface area contributed by atoms with Crippen LogP contribution in [0.3, 0.4) is 0 Å². The lowest BCUT2D eigenvalue weighted by Crippen LogP contribution is -2.32. The summed E-state index contributed by atoms with van der Waals surface area (Å²) in [6.45, 7) is 3.59. The molecule has 1 saturated heterocycles. The van der Waals surface area contributed by atoms with Gasteiger partial charge in [0, 0.05) is 19.8 Å². The Bertz CT molecular complexity index is 1270. The van der Waals surface area contributed by atoms with Crippen molar-refractivity contribution >= 4 is 17.3 Å². The quantitative estimate of drug-likeness (QED) is 0.259. The first-order valence-electron chi connectivity index (χ1n) is 13.7. The van der Waals surface area contributed by atoms with Crippen LogP contribution < -0.4 is 9.64 Å². The van der Waals surface area contributed by atoms with Crippen molar-refractivity contribution in [2.45, 2.75) is 57.3 Å².